The number of fused-ring (bicyclic) bond motifs is 1. The van der Waals surface area contributed by atoms with E-state index < -0.39 is 12.0 Å². The largest absolute Gasteiger partial charge is 0.497 e. The first kappa shape index (κ1) is 18.8. The minimum Gasteiger partial charge on any atom is -0.497 e. The Bertz CT molecular complexity index is 763. The number of carbonyl (C=O) groups is 2. The third-order valence-corrected chi connectivity index (χ3v) is 5.67. The molecule has 2 atom stereocenters. The van der Waals surface area contributed by atoms with E-state index in [2.05, 4.69) is 0 Å². The molecule has 8 heteroatoms. The third-order valence-electron chi connectivity index (χ3n) is 4.17. The van der Waals surface area contributed by atoms with Gasteiger partial charge in [-0.1, -0.05) is 24.3 Å². The molecule has 2 N–H and O–H groups in total. The number of benzene rings is 1. The number of hydrogen-bond donors (Lipinski definition) is 1. The maximum Gasteiger partial charge on any atom is 0.355 e. The normalized spacial score (nSPS) is 22.3. The minimum atomic E-state index is -0.581. The average molecular weight is 395 g/mol. The molecule has 1 amide bonds. The van der Waals surface area contributed by atoms with Gasteiger partial charge in [0.2, 0.25) is 5.91 Å². The topological polar surface area (TPSA) is 81.9 Å². The Labute approximate surface area is 160 Å². The van der Waals surface area contributed by atoms with Gasteiger partial charge in [-0.3, -0.25) is 9.69 Å². The molecule has 3 rings (SSSR count). The monoisotopic (exact) mass is 394 g/mol. The predicted molar refractivity (Wildman–Crippen MR) is 101 cm³/mol. The van der Waals surface area contributed by atoms with Crippen molar-refractivity contribution in [3.05, 3.63) is 53.3 Å². The molecular formula is C18H19ClN2O4S. The van der Waals surface area contributed by atoms with Crippen LogP contribution in [-0.2, 0) is 20.9 Å². The molecule has 0 saturated carbocycles. The van der Waals surface area contributed by atoms with Crippen molar-refractivity contribution in [3.8, 4) is 5.75 Å². The molecule has 6 nitrogen and oxygen atoms in total. The average Bonchev–Trinajstić information content (AvgIpc) is 2.69. The molecule has 0 radical (unpaired) electrons. The van der Waals surface area contributed by atoms with Crippen LogP contribution >= 0.6 is 23.4 Å². The molecule has 0 aromatic heterocycles. The Balaban J connectivity index is 1.77. The number of nitrogens with two attached hydrogens (primary N) is 1. The fraction of sp³-hybridized carbons (Fsp3) is 0.333. The number of amides is 1. The summed E-state index contributed by atoms with van der Waals surface area (Å²) in [5.41, 5.74) is 7.64. The number of ether oxygens (including phenoxy) is 2. The number of thioether (sulfide) groups is 1. The Morgan fingerprint density at radius 3 is 2.81 bits per heavy atom. The summed E-state index contributed by atoms with van der Waals surface area (Å²) < 4.78 is 10.5. The molecule has 26 heavy (non-hydrogen) atoms. The Morgan fingerprint density at radius 1 is 1.42 bits per heavy atom. The van der Waals surface area contributed by atoms with Gasteiger partial charge in [0.1, 0.15) is 29.5 Å². The van der Waals surface area contributed by atoms with E-state index in [1.165, 1.54) is 16.7 Å². The number of carbonyl (C=O) groups excluding carboxylic acids is 2. The first-order chi connectivity index (χ1) is 12.6. The summed E-state index contributed by atoms with van der Waals surface area (Å²) in [5, 5.41) is -0.223. The summed E-state index contributed by atoms with van der Waals surface area (Å²) in [6, 6.07) is 6.64. The Hall–Kier alpha value is -1.96. The van der Waals surface area contributed by atoms with E-state index >= 15 is 0 Å². The molecule has 0 bridgehead atoms. The van der Waals surface area contributed by atoms with Crippen LogP contribution in [0.15, 0.2) is 47.7 Å². The van der Waals surface area contributed by atoms with E-state index in [1.807, 2.05) is 12.1 Å². The van der Waals surface area contributed by atoms with E-state index in [4.69, 9.17) is 26.8 Å². The Kier molecular flexibility index (Phi) is 5.90. The third kappa shape index (κ3) is 3.60. The lowest BCUT2D eigenvalue weighted by Gasteiger charge is -2.48. The highest BCUT2D eigenvalue weighted by Crippen LogP contribution is 2.40. The standard InChI is InChI=1S/C18H19ClN2O4S/c1-24-13-6-4-11(5-7-13)9-25-18(23)15-12(3-2-8-19)10-26-17-14(20)16(22)21(15)17/h2-7,14,17H,8-10,20H2,1H3/t14-,17+/m1/s1. The van der Waals surface area contributed by atoms with E-state index in [0.717, 1.165) is 11.3 Å². The van der Waals surface area contributed by atoms with Crippen molar-refractivity contribution >= 4 is 35.2 Å². The van der Waals surface area contributed by atoms with Crippen LogP contribution in [0.3, 0.4) is 0 Å². The summed E-state index contributed by atoms with van der Waals surface area (Å²) in [5.74, 6) is 0.807. The number of methoxy groups -OCH3 is 1. The lowest BCUT2D eigenvalue weighted by atomic mass is 10.0. The van der Waals surface area contributed by atoms with Crippen molar-refractivity contribution in [2.45, 2.75) is 18.0 Å². The van der Waals surface area contributed by atoms with Crippen LogP contribution in [0.1, 0.15) is 5.56 Å². The zero-order valence-electron chi connectivity index (χ0n) is 14.2. The molecule has 2 aliphatic heterocycles. The number of allylic oxidation sites excluding steroid dienone is 2. The fourth-order valence-electron chi connectivity index (χ4n) is 2.78. The van der Waals surface area contributed by atoms with Gasteiger partial charge in [-0.25, -0.2) is 4.79 Å². The maximum absolute atomic E-state index is 12.7. The first-order valence-electron chi connectivity index (χ1n) is 8.02. The summed E-state index contributed by atoms with van der Waals surface area (Å²) in [7, 11) is 1.59. The van der Waals surface area contributed by atoms with Crippen molar-refractivity contribution in [2.24, 2.45) is 5.73 Å². The van der Waals surface area contributed by atoms with Crippen LogP contribution in [0.2, 0.25) is 0 Å². The van der Waals surface area contributed by atoms with Gasteiger partial charge in [-0.2, -0.15) is 0 Å². The van der Waals surface area contributed by atoms with Gasteiger partial charge in [0.25, 0.3) is 0 Å². The first-order valence-corrected chi connectivity index (χ1v) is 9.61. The molecular weight excluding hydrogens is 376 g/mol. The minimum absolute atomic E-state index is 0.102. The Morgan fingerprint density at radius 2 is 2.15 bits per heavy atom. The van der Waals surface area contributed by atoms with E-state index in [-0.39, 0.29) is 23.6 Å². The molecule has 0 aliphatic carbocycles. The van der Waals surface area contributed by atoms with Crippen LogP contribution < -0.4 is 10.5 Å². The van der Waals surface area contributed by atoms with Crippen molar-refractivity contribution in [3.63, 3.8) is 0 Å². The molecule has 1 aromatic carbocycles. The highest BCUT2D eigenvalue weighted by Gasteiger charge is 2.51. The lowest BCUT2D eigenvalue weighted by Crippen LogP contribution is -2.68. The number of rotatable bonds is 6. The van der Waals surface area contributed by atoms with Crippen molar-refractivity contribution in [1.29, 1.82) is 0 Å². The second-order valence-corrected chi connectivity index (χ2v) is 7.20. The maximum atomic E-state index is 12.7. The molecule has 138 valence electrons. The number of halogens is 1. The highest BCUT2D eigenvalue weighted by molar-refractivity contribution is 8.00. The fourth-order valence-corrected chi connectivity index (χ4v) is 4.14. The molecule has 1 aromatic rings. The predicted octanol–water partition coefficient (Wildman–Crippen LogP) is 2.03. The molecule has 0 spiro atoms. The number of β-lactam (4-membered cyclic amide) rings is 1. The second kappa shape index (κ2) is 8.16. The van der Waals surface area contributed by atoms with Gasteiger partial charge in [-0.05, 0) is 23.3 Å². The SMILES string of the molecule is COc1ccc(COC(=O)C2=C(C=CCCl)CS[C@H]3[C@H](N)C(=O)N23)cc1. The van der Waals surface area contributed by atoms with Gasteiger partial charge >= 0.3 is 5.97 Å². The summed E-state index contributed by atoms with van der Waals surface area (Å²) in [6.45, 7) is 0.102. The van der Waals surface area contributed by atoms with Gasteiger partial charge in [0, 0.05) is 11.6 Å². The quantitative estimate of drug-likeness (QED) is 0.451. The van der Waals surface area contributed by atoms with Crippen molar-refractivity contribution in [2.75, 3.05) is 18.7 Å². The number of alkyl halides is 1. The molecule has 0 unspecified atom stereocenters. The smallest absolute Gasteiger partial charge is 0.355 e. The molecule has 2 heterocycles. The van der Waals surface area contributed by atoms with E-state index in [1.54, 1.807) is 31.4 Å². The van der Waals surface area contributed by atoms with Gasteiger partial charge < -0.3 is 15.2 Å². The van der Waals surface area contributed by atoms with Crippen LogP contribution in [0, 0.1) is 0 Å². The van der Waals surface area contributed by atoms with Crippen molar-refractivity contribution < 1.29 is 19.1 Å². The number of esters is 1. The lowest BCUT2D eigenvalue weighted by molar-refractivity contribution is -0.151. The van der Waals surface area contributed by atoms with E-state index in [9.17, 15) is 9.59 Å². The van der Waals surface area contributed by atoms with E-state index in [0.29, 0.717) is 17.2 Å². The van der Waals surface area contributed by atoms with Crippen molar-refractivity contribution in [1.82, 2.24) is 4.90 Å². The summed E-state index contributed by atoms with van der Waals surface area (Å²) in [4.78, 5) is 26.3. The number of nitrogens with zero attached hydrogens (tertiary/aromatic N) is 1. The van der Waals surface area contributed by atoms with Gasteiger partial charge in [0.05, 0.1) is 7.11 Å². The van der Waals surface area contributed by atoms with Gasteiger partial charge in [-0.15, -0.1) is 23.4 Å². The highest BCUT2D eigenvalue weighted by atomic mass is 35.5. The second-order valence-electron chi connectivity index (χ2n) is 5.79. The van der Waals surface area contributed by atoms with Crippen LogP contribution in [0.5, 0.6) is 5.75 Å². The van der Waals surface area contributed by atoms with Crippen LogP contribution in [0.25, 0.3) is 0 Å². The summed E-state index contributed by atoms with van der Waals surface area (Å²) in [6.07, 6.45) is 3.50. The molecule has 2 aliphatic rings. The number of hydrogen-bond acceptors (Lipinski definition) is 6. The molecule has 1 saturated heterocycles. The van der Waals surface area contributed by atoms with Crippen LogP contribution in [0.4, 0.5) is 0 Å². The van der Waals surface area contributed by atoms with Gasteiger partial charge in [0.15, 0.2) is 0 Å². The zero-order chi connectivity index (χ0) is 18.7. The van der Waals surface area contributed by atoms with Crippen LogP contribution in [-0.4, -0.2) is 46.9 Å². The molecule has 1 fully saturated rings. The summed E-state index contributed by atoms with van der Waals surface area (Å²) >= 11 is 7.23. The zero-order valence-corrected chi connectivity index (χ0v) is 15.8.